The van der Waals surface area contributed by atoms with Crippen molar-refractivity contribution in [1.82, 2.24) is 14.9 Å². The van der Waals surface area contributed by atoms with E-state index in [-0.39, 0.29) is 11.8 Å². The van der Waals surface area contributed by atoms with Gasteiger partial charge in [0.25, 0.3) is 0 Å². The fourth-order valence-electron chi connectivity index (χ4n) is 5.04. The monoisotopic (exact) mass is 497 g/mol. The summed E-state index contributed by atoms with van der Waals surface area (Å²) in [7, 11) is 0. The van der Waals surface area contributed by atoms with E-state index in [4.69, 9.17) is 14.7 Å². The second kappa shape index (κ2) is 10.5. The van der Waals surface area contributed by atoms with Crippen LogP contribution in [0.4, 0.5) is 15.9 Å². The summed E-state index contributed by atoms with van der Waals surface area (Å²) in [6.07, 6.45) is 3.69. The number of benzene rings is 1. The highest BCUT2D eigenvalue weighted by Gasteiger charge is 2.27. The van der Waals surface area contributed by atoms with E-state index < -0.39 is 0 Å². The van der Waals surface area contributed by atoms with E-state index in [1.54, 1.807) is 6.07 Å². The maximum atomic E-state index is 14.3. The number of hydrogen-bond donors (Lipinski definition) is 0. The number of piperazine rings is 1. The van der Waals surface area contributed by atoms with Gasteiger partial charge in [-0.25, -0.2) is 19.2 Å². The molecule has 0 bridgehead atoms. The molecule has 9 heteroatoms. The number of piperidine rings is 1. The Balaban J connectivity index is 1.47. The molecule has 0 radical (unpaired) electrons. The zero-order valence-electron chi connectivity index (χ0n) is 20.4. The molecular formula is C26H32FN5O2S. The van der Waals surface area contributed by atoms with Crippen molar-refractivity contribution in [2.45, 2.75) is 39.7 Å². The van der Waals surface area contributed by atoms with Gasteiger partial charge in [0.2, 0.25) is 0 Å². The van der Waals surface area contributed by atoms with E-state index in [2.05, 4.69) is 14.7 Å². The molecule has 0 amide bonds. The van der Waals surface area contributed by atoms with Crippen molar-refractivity contribution in [2.75, 3.05) is 55.7 Å². The smallest absolute Gasteiger partial charge is 0.348 e. The molecule has 0 saturated carbocycles. The van der Waals surface area contributed by atoms with E-state index >= 15 is 0 Å². The lowest BCUT2D eigenvalue weighted by Crippen LogP contribution is -2.47. The number of fused-ring (bicyclic) bond motifs is 1. The van der Waals surface area contributed by atoms with Gasteiger partial charge in [-0.3, -0.25) is 4.90 Å². The van der Waals surface area contributed by atoms with Gasteiger partial charge in [-0.1, -0.05) is 18.6 Å². The number of esters is 1. The topological polar surface area (TPSA) is 61.8 Å². The first-order valence-electron chi connectivity index (χ1n) is 12.5. The number of thiophene rings is 1. The quantitative estimate of drug-likeness (QED) is 0.460. The Morgan fingerprint density at radius 1 is 1.03 bits per heavy atom. The van der Waals surface area contributed by atoms with Crippen LogP contribution in [-0.2, 0) is 11.3 Å². The molecule has 0 atom stereocenters. The number of rotatable bonds is 6. The Kier molecular flexibility index (Phi) is 7.15. The summed E-state index contributed by atoms with van der Waals surface area (Å²) in [5.41, 5.74) is 1.52. The zero-order valence-corrected chi connectivity index (χ0v) is 21.2. The van der Waals surface area contributed by atoms with Gasteiger partial charge < -0.3 is 14.5 Å². The van der Waals surface area contributed by atoms with E-state index in [1.165, 1.54) is 36.7 Å². The highest BCUT2D eigenvalue weighted by atomic mass is 32.1. The Morgan fingerprint density at radius 3 is 2.46 bits per heavy atom. The number of carbonyl (C=O) groups is 1. The molecule has 2 aliphatic rings. The lowest BCUT2D eigenvalue weighted by molar-refractivity contribution is 0.0531. The number of hydrogen-bond acceptors (Lipinski definition) is 8. The molecule has 1 aromatic carbocycles. The number of ether oxygens (including phenoxy) is 1. The minimum Gasteiger partial charge on any atom is -0.462 e. The summed E-state index contributed by atoms with van der Waals surface area (Å²) in [4.78, 5) is 30.8. The third-order valence-corrected chi connectivity index (χ3v) is 8.03. The standard InChI is InChI=1S/C26H32FN5O2S/c1-3-34-26(33)23-18(2)22-24(28-21(29-25(22)35-23)17-30-11-7-4-8-12-30)32-15-13-31(14-16-32)20-10-6-5-9-19(20)27/h5-6,9-10H,3-4,7-8,11-17H2,1-2H3. The predicted octanol–water partition coefficient (Wildman–Crippen LogP) is 4.63. The molecule has 186 valence electrons. The van der Waals surface area contributed by atoms with Crippen molar-refractivity contribution in [3.63, 3.8) is 0 Å². The summed E-state index contributed by atoms with van der Waals surface area (Å²) in [5.74, 6) is 1.17. The van der Waals surface area contributed by atoms with E-state index in [0.29, 0.717) is 49.9 Å². The first-order valence-corrected chi connectivity index (χ1v) is 13.3. The maximum Gasteiger partial charge on any atom is 0.348 e. The van der Waals surface area contributed by atoms with Crippen LogP contribution >= 0.6 is 11.3 Å². The SMILES string of the molecule is CCOC(=O)c1sc2nc(CN3CCCCC3)nc(N3CCN(c4ccccc4F)CC3)c2c1C. The van der Waals surface area contributed by atoms with Gasteiger partial charge in [0, 0.05) is 26.2 Å². The molecular weight excluding hydrogens is 465 g/mol. The van der Waals surface area contributed by atoms with Crippen LogP contribution in [0, 0.1) is 12.7 Å². The van der Waals surface area contributed by atoms with Crippen LogP contribution < -0.4 is 9.80 Å². The summed E-state index contributed by atoms with van der Waals surface area (Å²) in [6.45, 7) is 9.78. The summed E-state index contributed by atoms with van der Waals surface area (Å²) < 4.78 is 19.7. The van der Waals surface area contributed by atoms with Crippen molar-refractivity contribution in [3.8, 4) is 0 Å². The molecule has 2 saturated heterocycles. The number of para-hydroxylation sites is 1. The highest BCUT2D eigenvalue weighted by molar-refractivity contribution is 7.20. The van der Waals surface area contributed by atoms with Crippen LogP contribution in [0.5, 0.6) is 0 Å². The van der Waals surface area contributed by atoms with Gasteiger partial charge >= 0.3 is 5.97 Å². The third kappa shape index (κ3) is 4.97. The van der Waals surface area contributed by atoms with Gasteiger partial charge in [0.1, 0.15) is 27.2 Å². The average molecular weight is 498 g/mol. The minimum absolute atomic E-state index is 0.193. The van der Waals surface area contributed by atoms with Gasteiger partial charge in [-0.05, 0) is 57.5 Å². The summed E-state index contributed by atoms with van der Waals surface area (Å²) in [6, 6.07) is 6.93. The molecule has 0 unspecified atom stereocenters. The number of halogens is 1. The molecule has 2 aliphatic heterocycles. The van der Waals surface area contributed by atoms with Crippen molar-refractivity contribution in [2.24, 2.45) is 0 Å². The van der Waals surface area contributed by atoms with Crippen molar-refractivity contribution in [3.05, 3.63) is 46.3 Å². The molecule has 5 rings (SSSR count). The van der Waals surface area contributed by atoms with Gasteiger partial charge in [-0.2, -0.15) is 0 Å². The number of aromatic nitrogens is 2. The minimum atomic E-state index is -0.305. The first kappa shape index (κ1) is 23.9. The van der Waals surface area contributed by atoms with Gasteiger partial charge in [0.15, 0.2) is 0 Å². The van der Waals surface area contributed by atoms with Crippen molar-refractivity contribution in [1.29, 1.82) is 0 Å². The van der Waals surface area contributed by atoms with Crippen LogP contribution in [-0.4, -0.2) is 66.7 Å². The molecule has 35 heavy (non-hydrogen) atoms. The second-order valence-electron chi connectivity index (χ2n) is 9.18. The molecule has 0 spiro atoms. The Morgan fingerprint density at radius 2 is 1.74 bits per heavy atom. The Bertz CT molecular complexity index is 1200. The van der Waals surface area contributed by atoms with Crippen LogP contribution in [0.15, 0.2) is 24.3 Å². The number of likely N-dealkylation sites (tertiary alicyclic amines) is 1. The zero-order chi connectivity index (χ0) is 24.4. The van der Waals surface area contributed by atoms with Crippen LogP contribution in [0.2, 0.25) is 0 Å². The fourth-order valence-corrected chi connectivity index (χ4v) is 6.12. The van der Waals surface area contributed by atoms with Crippen molar-refractivity contribution >= 4 is 39.0 Å². The normalized spacial score (nSPS) is 17.2. The molecule has 4 heterocycles. The first-order chi connectivity index (χ1) is 17.0. The maximum absolute atomic E-state index is 14.3. The van der Waals surface area contributed by atoms with Crippen LogP contribution in [0.3, 0.4) is 0 Å². The molecule has 0 aliphatic carbocycles. The number of nitrogens with zero attached hydrogens (tertiary/aromatic N) is 5. The lowest BCUT2D eigenvalue weighted by Gasteiger charge is -2.37. The van der Waals surface area contributed by atoms with E-state index in [9.17, 15) is 9.18 Å². The fraction of sp³-hybridized carbons (Fsp3) is 0.500. The number of aryl methyl sites for hydroxylation is 1. The summed E-state index contributed by atoms with van der Waals surface area (Å²) in [5, 5.41) is 0.930. The average Bonchev–Trinajstić information content (AvgIpc) is 3.21. The molecule has 3 aromatic rings. The van der Waals surface area contributed by atoms with Crippen LogP contribution in [0.1, 0.15) is 47.2 Å². The van der Waals surface area contributed by atoms with Crippen molar-refractivity contribution < 1.29 is 13.9 Å². The summed E-state index contributed by atoms with van der Waals surface area (Å²) >= 11 is 1.39. The predicted molar refractivity (Wildman–Crippen MR) is 138 cm³/mol. The molecule has 7 nitrogen and oxygen atoms in total. The molecule has 2 aromatic heterocycles. The lowest BCUT2D eigenvalue weighted by atomic mass is 10.1. The second-order valence-corrected chi connectivity index (χ2v) is 10.2. The largest absolute Gasteiger partial charge is 0.462 e. The Hall–Kier alpha value is -2.78. The number of carbonyl (C=O) groups excluding carboxylic acids is 1. The molecule has 0 N–H and O–H groups in total. The highest BCUT2D eigenvalue weighted by Crippen LogP contribution is 2.37. The van der Waals surface area contributed by atoms with Gasteiger partial charge in [-0.15, -0.1) is 11.3 Å². The Labute approximate surface area is 209 Å². The van der Waals surface area contributed by atoms with E-state index in [0.717, 1.165) is 40.5 Å². The molecule has 2 fully saturated rings. The van der Waals surface area contributed by atoms with E-state index in [1.807, 2.05) is 26.0 Å². The third-order valence-electron chi connectivity index (χ3n) is 6.86. The van der Waals surface area contributed by atoms with Crippen LogP contribution in [0.25, 0.3) is 10.2 Å². The number of anilines is 2. The van der Waals surface area contributed by atoms with Gasteiger partial charge in [0.05, 0.1) is 24.2 Å².